The Labute approximate surface area is 246 Å². The van der Waals surface area contributed by atoms with Gasteiger partial charge < -0.3 is 13.7 Å². The third-order valence-electron chi connectivity index (χ3n) is 9.06. The van der Waals surface area contributed by atoms with E-state index in [1.807, 2.05) is 0 Å². The van der Waals surface area contributed by atoms with Crippen molar-refractivity contribution in [3.8, 4) is 0 Å². The van der Waals surface area contributed by atoms with Crippen LogP contribution in [0.25, 0.3) is 70.8 Å². The van der Waals surface area contributed by atoms with Gasteiger partial charge in [0.2, 0.25) is 0 Å². The van der Waals surface area contributed by atoms with E-state index in [0.29, 0.717) is 0 Å². The SMILES string of the molecule is c1ccc(N(c2ccccc2)c2cc3c(c4cccc5c6cccc7cccc(c76)n3c54)c3oc4ccccc4c23)cc1. The van der Waals surface area contributed by atoms with E-state index in [0.717, 1.165) is 49.9 Å². The zero-order valence-electron chi connectivity index (χ0n) is 23.2. The van der Waals surface area contributed by atoms with Crippen LogP contribution in [-0.2, 0) is 0 Å². The van der Waals surface area contributed by atoms with E-state index in [2.05, 4.69) is 155 Å². The van der Waals surface area contributed by atoms with Crippen LogP contribution in [0.4, 0.5) is 17.1 Å². The Kier molecular flexibility index (Phi) is 4.45. The highest BCUT2D eigenvalue weighted by Gasteiger charge is 2.26. The highest BCUT2D eigenvalue weighted by atomic mass is 16.3. The topological polar surface area (TPSA) is 20.8 Å². The quantitative estimate of drug-likeness (QED) is 0.162. The second-order valence-corrected chi connectivity index (χ2v) is 11.3. The first-order valence-electron chi connectivity index (χ1n) is 14.7. The third-order valence-corrected chi connectivity index (χ3v) is 9.06. The zero-order chi connectivity index (χ0) is 28.1. The lowest BCUT2D eigenvalue weighted by Crippen LogP contribution is -2.10. The summed E-state index contributed by atoms with van der Waals surface area (Å²) in [6.45, 7) is 0. The van der Waals surface area contributed by atoms with Crippen LogP contribution in [0.1, 0.15) is 0 Å². The first-order chi connectivity index (χ1) is 21.4. The van der Waals surface area contributed by atoms with E-state index in [1.165, 1.54) is 38.0 Å². The van der Waals surface area contributed by atoms with Gasteiger partial charge in [-0.15, -0.1) is 0 Å². The smallest absolute Gasteiger partial charge is 0.147 e. The minimum absolute atomic E-state index is 0.893. The van der Waals surface area contributed by atoms with Crippen LogP contribution in [0.2, 0.25) is 0 Å². The molecule has 0 aliphatic rings. The fraction of sp³-hybridized carbons (Fsp3) is 0. The van der Waals surface area contributed by atoms with Gasteiger partial charge in [0.05, 0.1) is 33.0 Å². The number of benzene rings is 7. The highest BCUT2D eigenvalue weighted by Crippen LogP contribution is 2.49. The van der Waals surface area contributed by atoms with Gasteiger partial charge in [0.1, 0.15) is 11.2 Å². The predicted octanol–water partition coefficient (Wildman–Crippen LogP) is 11.4. The highest BCUT2D eigenvalue weighted by molar-refractivity contribution is 6.33. The molecule has 3 heterocycles. The summed E-state index contributed by atoms with van der Waals surface area (Å²) in [5, 5.41) is 9.67. The molecule has 0 radical (unpaired) electrons. The molecule has 3 nitrogen and oxygen atoms in total. The summed E-state index contributed by atoms with van der Waals surface area (Å²) in [4.78, 5) is 2.37. The Hall–Kier alpha value is -5.80. The summed E-state index contributed by atoms with van der Waals surface area (Å²) in [6, 6.07) is 52.1. The number of para-hydroxylation sites is 4. The lowest BCUT2D eigenvalue weighted by molar-refractivity contribution is 0.673. The number of rotatable bonds is 3. The largest absolute Gasteiger partial charge is 0.455 e. The number of nitrogens with zero attached hydrogens (tertiary/aromatic N) is 2. The average molecular weight is 549 g/mol. The lowest BCUT2D eigenvalue weighted by Gasteiger charge is -2.26. The van der Waals surface area contributed by atoms with Crippen molar-refractivity contribution in [2.24, 2.45) is 0 Å². The van der Waals surface area contributed by atoms with Crippen molar-refractivity contribution in [2.75, 3.05) is 4.90 Å². The molecule has 10 aromatic rings. The summed E-state index contributed by atoms with van der Waals surface area (Å²) < 4.78 is 9.34. The molecule has 3 heteroatoms. The van der Waals surface area contributed by atoms with E-state index in [4.69, 9.17) is 4.42 Å². The molecule has 0 aliphatic heterocycles. The number of hydrogen-bond acceptors (Lipinski definition) is 2. The molecule has 43 heavy (non-hydrogen) atoms. The van der Waals surface area contributed by atoms with Gasteiger partial charge in [0.25, 0.3) is 0 Å². The molecule has 3 aromatic heterocycles. The maximum atomic E-state index is 6.86. The molecule has 200 valence electrons. The van der Waals surface area contributed by atoms with E-state index in [9.17, 15) is 0 Å². The minimum atomic E-state index is 0.893. The Morgan fingerprint density at radius 2 is 1.09 bits per heavy atom. The summed E-state index contributed by atoms with van der Waals surface area (Å²) in [6.07, 6.45) is 0. The number of furan rings is 1. The Morgan fingerprint density at radius 1 is 0.465 bits per heavy atom. The van der Waals surface area contributed by atoms with Crippen molar-refractivity contribution in [3.05, 3.63) is 146 Å². The van der Waals surface area contributed by atoms with Gasteiger partial charge in [0.15, 0.2) is 0 Å². The molecule has 0 saturated heterocycles. The van der Waals surface area contributed by atoms with Gasteiger partial charge >= 0.3 is 0 Å². The summed E-state index contributed by atoms with van der Waals surface area (Å²) >= 11 is 0. The Bertz CT molecular complexity index is 2620. The maximum absolute atomic E-state index is 6.86. The van der Waals surface area contributed by atoms with Crippen LogP contribution in [0.15, 0.2) is 150 Å². The summed E-state index contributed by atoms with van der Waals surface area (Å²) in [5.41, 5.74) is 8.69. The first kappa shape index (κ1) is 22.8. The van der Waals surface area contributed by atoms with Gasteiger partial charge in [-0.05, 0) is 53.2 Å². The number of anilines is 3. The predicted molar refractivity (Wildman–Crippen MR) is 181 cm³/mol. The van der Waals surface area contributed by atoms with Gasteiger partial charge in [-0.3, -0.25) is 0 Å². The van der Waals surface area contributed by atoms with Crippen LogP contribution in [0.5, 0.6) is 0 Å². The molecule has 0 N–H and O–H groups in total. The Morgan fingerprint density at radius 3 is 1.88 bits per heavy atom. The standard InChI is InChI=1S/C40H24N2O/c1-3-14-26(15-4-1)41(27-16-5-2-6-17-27)33-24-34-38(40-37(33)30-18-7-8-23-35(30)43-40)31-21-11-20-29-28-19-9-12-25-13-10-22-32(36(25)28)42(34)39(29)31/h1-24H. The second-order valence-electron chi connectivity index (χ2n) is 11.3. The fourth-order valence-electron chi connectivity index (χ4n) is 7.37. The van der Waals surface area contributed by atoms with Crippen molar-refractivity contribution in [1.82, 2.24) is 4.40 Å². The van der Waals surface area contributed by atoms with Crippen molar-refractivity contribution < 1.29 is 4.42 Å². The number of hydrogen-bond donors (Lipinski definition) is 0. The molecule has 0 saturated carbocycles. The summed E-state index contributed by atoms with van der Waals surface area (Å²) in [5.74, 6) is 0. The van der Waals surface area contributed by atoms with E-state index in [1.54, 1.807) is 0 Å². The molecular weight excluding hydrogens is 524 g/mol. The van der Waals surface area contributed by atoms with Crippen molar-refractivity contribution >= 4 is 87.9 Å². The second kappa shape index (κ2) is 8.37. The van der Waals surface area contributed by atoms with Crippen LogP contribution in [0.3, 0.4) is 0 Å². The molecule has 10 rings (SSSR count). The van der Waals surface area contributed by atoms with Crippen LogP contribution >= 0.6 is 0 Å². The summed E-state index contributed by atoms with van der Waals surface area (Å²) in [7, 11) is 0. The number of aromatic nitrogens is 1. The number of pyridine rings is 1. The Balaban J connectivity index is 1.50. The molecule has 0 aliphatic carbocycles. The molecule has 0 fully saturated rings. The van der Waals surface area contributed by atoms with Gasteiger partial charge in [-0.2, -0.15) is 0 Å². The van der Waals surface area contributed by atoms with Gasteiger partial charge in [-0.1, -0.05) is 103 Å². The molecule has 0 atom stereocenters. The zero-order valence-corrected chi connectivity index (χ0v) is 23.2. The van der Waals surface area contributed by atoms with E-state index in [-0.39, 0.29) is 0 Å². The molecule has 7 aromatic carbocycles. The molecule has 0 unspecified atom stereocenters. The lowest BCUT2D eigenvalue weighted by atomic mass is 9.99. The molecular formula is C40H24N2O. The average Bonchev–Trinajstić information content (AvgIpc) is 3.62. The normalized spacial score (nSPS) is 12.2. The fourth-order valence-corrected chi connectivity index (χ4v) is 7.37. The van der Waals surface area contributed by atoms with Crippen molar-refractivity contribution in [2.45, 2.75) is 0 Å². The van der Waals surface area contributed by atoms with Crippen molar-refractivity contribution in [3.63, 3.8) is 0 Å². The molecule has 0 spiro atoms. The minimum Gasteiger partial charge on any atom is -0.455 e. The van der Waals surface area contributed by atoms with Crippen molar-refractivity contribution in [1.29, 1.82) is 0 Å². The van der Waals surface area contributed by atoms with Gasteiger partial charge in [-0.25, -0.2) is 0 Å². The van der Waals surface area contributed by atoms with Crippen LogP contribution < -0.4 is 4.90 Å². The monoisotopic (exact) mass is 548 g/mol. The van der Waals surface area contributed by atoms with Crippen LogP contribution in [-0.4, -0.2) is 4.40 Å². The van der Waals surface area contributed by atoms with E-state index >= 15 is 0 Å². The maximum Gasteiger partial charge on any atom is 0.147 e. The van der Waals surface area contributed by atoms with E-state index < -0.39 is 0 Å². The molecule has 0 amide bonds. The first-order valence-corrected chi connectivity index (χ1v) is 14.7. The third kappa shape index (κ3) is 2.98. The molecule has 0 bridgehead atoms. The van der Waals surface area contributed by atoms with Gasteiger partial charge in [0, 0.05) is 32.9 Å². The van der Waals surface area contributed by atoms with Crippen LogP contribution in [0, 0.1) is 0 Å². The number of fused-ring (bicyclic) bond motifs is 9.